The summed E-state index contributed by atoms with van der Waals surface area (Å²) in [5.41, 5.74) is 5.52. The smallest absolute Gasteiger partial charge is 0.0637 e. The first-order valence-electron chi connectivity index (χ1n) is 5.93. The van der Waals surface area contributed by atoms with Gasteiger partial charge in [0.15, 0.2) is 0 Å². The third-order valence-corrected chi connectivity index (χ3v) is 5.25. The van der Waals surface area contributed by atoms with Crippen molar-refractivity contribution >= 4 is 27.3 Å². The highest BCUT2D eigenvalue weighted by molar-refractivity contribution is 9.10. The maximum atomic E-state index is 5.76. The predicted molar refractivity (Wildman–Crippen MR) is 77.4 cm³/mol. The molecule has 1 aliphatic carbocycles. The van der Waals surface area contributed by atoms with Gasteiger partial charge in [-0.25, -0.2) is 0 Å². The second-order valence-electron chi connectivity index (χ2n) is 4.50. The van der Waals surface area contributed by atoms with Gasteiger partial charge >= 0.3 is 0 Å². The van der Waals surface area contributed by atoms with Crippen LogP contribution in [0.15, 0.2) is 34.2 Å². The Hall–Kier alpha value is -0.750. The number of halogens is 1. The molecule has 5 heteroatoms. The van der Waals surface area contributed by atoms with Crippen LogP contribution in [0.3, 0.4) is 0 Å². The Morgan fingerprint density at radius 1 is 1.56 bits per heavy atom. The van der Waals surface area contributed by atoms with Crippen molar-refractivity contribution in [1.82, 2.24) is 10.4 Å². The number of aromatic nitrogens is 1. The summed E-state index contributed by atoms with van der Waals surface area (Å²) < 4.78 is 1.11. The SMILES string of the molecule is NNC(c1cc(Br)cs1)C1CCc2cccnc21. The van der Waals surface area contributed by atoms with E-state index >= 15 is 0 Å². The molecule has 18 heavy (non-hydrogen) atoms. The van der Waals surface area contributed by atoms with Gasteiger partial charge in [-0.1, -0.05) is 6.07 Å². The van der Waals surface area contributed by atoms with Gasteiger partial charge in [0.25, 0.3) is 0 Å². The molecule has 0 aromatic carbocycles. The molecule has 2 unspecified atom stereocenters. The standard InChI is InChI=1S/C13H14BrN3S/c14-9-6-11(18-7-9)13(17-15)10-4-3-8-2-1-5-16-12(8)10/h1-2,5-7,10,13,17H,3-4,15H2. The summed E-state index contributed by atoms with van der Waals surface area (Å²) in [6.07, 6.45) is 4.07. The van der Waals surface area contributed by atoms with Crippen molar-refractivity contribution in [3.05, 3.63) is 50.4 Å². The fraction of sp³-hybridized carbons (Fsp3) is 0.308. The Bertz CT molecular complexity index is 555. The summed E-state index contributed by atoms with van der Waals surface area (Å²) in [6.45, 7) is 0. The fourth-order valence-corrected chi connectivity index (χ4v) is 4.23. The molecule has 2 aromatic rings. The van der Waals surface area contributed by atoms with E-state index in [0.29, 0.717) is 5.92 Å². The van der Waals surface area contributed by atoms with E-state index < -0.39 is 0 Å². The van der Waals surface area contributed by atoms with Crippen molar-refractivity contribution in [2.24, 2.45) is 5.84 Å². The van der Waals surface area contributed by atoms with E-state index in [4.69, 9.17) is 5.84 Å². The van der Waals surface area contributed by atoms with Gasteiger partial charge in [0.1, 0.15) is 0 Å². The molecule has 0 saturated heterocycles. The zero-order valence-corrected chi connectivity index (χ0v) is 12.2. The van der Waals surface area contributed by atoms with Crippen molar-refractivity contribution < 1.29 is 0 Å². The number of hydrazine groups is 1. The van der Waals surface area contributed by atoms with E-state index in [1.54, 1.807) is 11.3 Å². The summed E-state index contributed by atoms with van der Waals surface area (Å²) in [6, 6.07) is 6.46. The van der Waals surface area contributed by atoms with Gasteiger partial charge in [0.2, 0.25) is 0 Å². The number of nitrogens with one attached hydrogen (secondary N) is 1. The number of fused-ring (bicyclic) bond motifs is 1. The molecule has 2 atom stereocenters. The Balaban J connectivity index is 1.95. The summed E-state index contributed by atoms with van der Waals surface area (Å²) in [7, 11) is 0. The van der Waals surface area contributed by atoms with Crippen molar-refractivity contribution in [2.45, 2.75) is 24.8 Å². The highest BCUT2D eigenvalue weighted by Gasteiger charge is 2.32. The van der Waals surface area contributed by atoms with E-state index in [9.17, 15) is 0 Å². The lowest BCUT2D eigenvalue weighted by atomic mass is 9.96. The second-order valence-corrected chi connectivity index (χ2v) is 6.36. The molecule has 0 amide bonds. The van der Waals surface area contributed by atoms with Crippen molar-refractivity contribution in [3.8, 4) is 0 Å². The molecule has 3 nitrogen and oxygen atoms in total. The number of aryl methyl sites for hydroxylation is 1. The van der Waals surface area contributed by atoms with Gasteiger partial charge in [-0.2, -0.15) is 0 Å². The largest absolute Gasteiger partial charge is 0.271 e. The molecule has 0 spiro atoms. The van der Waals surface area contributed by atoms with Gasteiger partial charge in [-0.05, 0) is 46.5 Å². The number of rotatable bonds is 3. The fourth-order valence-electron chi connectivity index (χ4n) is 2.66. The van der Waals surface area contributed by atoms with Gasteiger partial charge in [0.05, 0.1) is 6.04 Å². The average Bonchev–Trinajstić information content (AvgIpc) is 2.98. The van der Waals surface area contributed by atoms with Crippen LogP contribution < -0.4 is 11.3 Å². The molecule has 3 rings (SSSR count). The molecule has 0 saturated carbocycles. The summed E-state index contributed by atoms with van der Waals surface area (Å²) in [4.78, 5) is 5.80. The zero-order valence-electron chi connectivity index (χ0n) is 9.77. The monoisotopic (exact) mass is 323 g/mol. The lowest BCUT2D eigenvalue weighted by molar-refractivity contribution is 0.453. The Morgan fingerprint density at radius 2 is 2.44 bits per heavy atom. The maximum absolute atomic E-state index is 5.76. The second kappa shape index (κ2) is 5.09. The van der Waals surface area contributed by atoms with Crippen LogP contribution in [0.5, 0.6) is 0 Å². The molecule has 0 aliphatic heterocycles. The Labute approximate surface area is 119 Å². The Morgan fingerprint density at radius 3 is 3.17 bits per heavy atom. The number of thiophene rings is 1. The number of nitrogens with zero attached hydrogens (tertiary/aromatic N) is 1. The van der Waals surface area contributed by atoms with Crippen molar-refractivity contribution in [2.75, 3.05) is 0 Å². The third kappa shape index (κ3) is 2.12. The van der Waals surface area contributed by atoms with Crippen LogP contribution in [0.1, 0.15) is 34.5 Å². The van der Waals surface area contributed by atoms with E-state index in [-0.39, 0.29) is 6.04 Å². The lowest BCUT2D eigenvalue weighted by Gasteiger charge is -2.21. The molecular formula is C13H14BrN3S. The zero-order chi connectivity index (χ0) is 12.5. The normalized spacial score (nSPS) is 19.8. The molecule has 1 aliphatic rings. The van der Waals surface area contributed by atoms with Gasteiger partial charge in [0, 0.05) is 32.5 Å². The maximum Gasteiger partial charge on any atom is 0.0637 e. The number of hydrogen-bond acceptors (Lipinski definition) is 4. The lowest BCUT2D eigenvalue weighted by Crippen LogP contribution is -2.31. The quantitative estimate of drug-likeness (QED) is 0.674. The number of pyridine rings is 1. The highest BCUT2D eigenvalue weighted by Crippen LogP contribution is 2.42. The molecule has 2 aromatic heterocycles. The van der Waals surface area contributed by atoms with Crippen LogP contribution in [0.2, 0.25) is 0 Å². The van der Waals surface area contributed by atoms with Crippen LogP contribution >= 0.6 is 27.3 Å². The van der Waals surface area contributed by atoms with Gasteiger partial charge in [-0.15, -0.1) is 11.3 Å². The summed E-state index contributed by atoms with van der Waals surface area (Å²) in [5.74, 6) is 6.14. The molecule has 0 bridgehead atoms. The summed E-state index contributed by atoms with van der Waals surface area (Å²) in [5, 5.41) is 2.09. The third-order valence-electron chi connectivity index (χ3n) is 3.48. The first kappa shape index (κ1) is 12.3. The van der Waals surface area contributed by atoms with Crippen molar-refractivity contribution in [1.29, 1.82) is 0 Å². The molecule has 0 fully saturated rings. The van der Waals surface area contributed by atoms with Crippen LogP contribution in [0, 0.1) is 0 Å². The van der Waals surface area contributed by atoms with Crippen LogP contribution in [-0.4, -0.2) is 4.98 Å². The van der Waals surface area contributed by atoms with E-state index in [1.165, 1.54) is 16.1 Å². The van der Waals surface area contributed by atoms with E-state index in [0.717, 1.165) is 17.3 Å². The minimum Gasteiger partial charge on any atom is -0.271 e. The van der Waals surface area contributed by atoms with Crippen LogP contribution in [-0.2, 0) is 6.42 Å². The highest BCUT2D eigenvalue weighted by atomic mass is 79.9. The van der Waals surface area contributed by atoms with E-state index in [1.807, 2.05) is 12.3 Å². The molecule has 3 N–H and O–H groups in total. The first-order valence-corrected chi connectivity index (χ1v) is 7.60. The minimum absolute atomic E-state index is 0.150. The van der Waals surface area contributed by atoms with Crippen LogP contribution in [0.25, 0.3) is 0 Å². The average molecular weight is 324 g/mol. The molecular weight excluding hydrogens is 310 g/mol. The minimum atomic E-state index is 0.150. The Kier molecular flexibility index (Phi) is 3.48. The summed E-state index contributed by atoms with van der Waals surface area (Å²) >= 11 is 5.22. The topological polar surface area (TPSA) is 50.9 Å². The van der Waals surface area contributed by atoms with Gasteiger partial charge < -0.3 is 0 Å². The van der Waals surface area contributed by atoms with Gasteiger partial charge in [-0.3, -0.25) is 16.3 Å². The number of hydrogen-bond donors (Lipinski definition) is 2. The number of nitrogens with two attached hydrogens (primary N) is 1. The first-order chi connectivity index (χ1) is 8.79. The van der Waals surface area contributed by atoms with Crippen molar-refractivity contribution in [3.63, 3.8) is 0 Å². The molecule has 0 radical (unpaired) electrons. The molecule has 2 heterocycles. The van der Waals surface area contributed by atoms with Crippen LogP contribution in [0.4, 0.5) is 0 Å². The predicted octanol–water partition coefficient (Wildman–Crippen LogP) is 3.14. The molecule has 94 valence electrons. The van der Waals surface area contributed by atoms with E-state index in [2.05, 4.69) is 43.9 Å².